The predicted molar refractivity (Wildman–Crippen MR) is 109 cm³/mol. The Kier molecular flexibility index (Phi) is 5.21. The van der Waals surface area contributed by atoms with Crippen LogP contribution in [0.5, 0.6) is 0 Å². The van der Waals surface area contributed by atoms with E-state index in [1.165, 1.54) is 0 Å². The highest BCUT2D eigenvalue weighted by molar-refractivity contribution is 7.28. The first-order valence-corrected chi connectivity index (χ1v) is 9.02. The van der Waals surface area contributed by atoms with Gasteiger partial charge in [-0.3, -0.25) is 0 Å². The summed E-state index contributed by atoms with van der Waals surface area (Å²) in [6.07, 6.45) is 0. The van der Waals surface area contributed by atoms with Crippen LogP contribution in [0.3, 0.4) is 0 Å². The Labute approximate surface area is 162 Å². The van der Waals surface area contributed by atoms with E-state index < -0.39 is 0 Å². The van der Waals surface area contributed by atoms with Crippen LogP contribution in [0.1, 0.15) is 6.92 Å². The smallest absolute Gasteiger partial charge is 0.256 e. The average molecular weight is 415 g/mol. The van der Waals surface area contributed by atoms with Crippen LogP contribution in [0, 0.1) is 0 Å². The van der Waals surface area contributed by atoms with Crippen molar-refractivity contribution in [2.24, 2.45) is 0 Å². The summed E-state index contributed by atoms with van der Waals surface area (Å²) in [6, 6.07) is 5.61. The Bertz CT molecular complexity index is 965. The van der Waals surface area contributed by atoms with Gasteiger partial charge in [0.25, 0.3) is 5.78 Å². The Hall–Kier alpha value is -1.39. The molecule has 0 saturated carbocycles. The van der Waals surface area contributed by atoms with Crippen LogP contribution in [0.25, 0.3) is 16.9 Å². The highest BCUT2D eigenvalue weighted by Crippen LogP contribution is 2.39. The molecule has 0 radical (unpaired) electrons. The number of fused-ring (bicyclic) bond motifs is 1. The van der Waals surface area contributed by atoms with E-state index in [9.17, 15) is 0 Å². The van der Waals surface area contributed by atoms with Crippen molar-refractivity contribution in [2.45, 2.75) is 6.92 Å². The quantitative estimate of drug-likeness (QED) is 0.363. The molecular weight excluding hydrogens is 400 g/mol. The fourth-order valence-corrected chi connectivity index (χ4v) is 3.87. The van der Waals surface area contributed by atoms with Gasteiger partial charge in [-0.05, 0) is 29.9 Å². The number of halogens is 3. The van der Waals surface area contributed by atoms with E-state index in [4.69, 9.17) is 34.8 Å². The molecule has 0 spiro atoms. The molecule has 0 aliphatic carbocycles. The summed E-state index contributed by atoms with van der Waals surface area (Å²) in [6.45, 7) is 6.51. The molecule has 2 heterocycles. The topological polar surface area (TPSA) is 46.3 Å². The molecule has 0 aliphatic rings. The summed E-state index contributed by atoms with van der Waals surface area (Å²) < 4.78 is 1.57. The molecule has 0 fully saturated rings. The largest absolute Gasteiger partial charge is 0.355 e. The average Bonchev–Trinajstić information content (AvgIpc) is 2.85. The minimum Gasteiger partial charge on any atom is -0.355 e. The standard InChI is InChI=1S/C16H15Cl3N5P/c1-8(2)7-23(3)14-12(11-9(17)5-4-6-10(11)25)13(18)20-16-21-15(19)22-24(14)16/h4-6H,1,7,25H2,2-3H3. The van der Waals surface area contributed by atoms with Crippen LogP contribution in [-0.4, -0.2) is 33.2 Å². The fraction of sp³-hybridized carbons (Fsp3) is 0.188. The van der Waals surface area contributed by atoms with Gasteiger partial charge in [0.2, 0.25) is 5.28 Å². The van der Waals surface area contributed by atoms with E-state index >= 15 is 0 Å². The summed E-state index contributed by atoms with van der Waals surface area (Å²) >= 11 is 19.0. The summed E-state index contributed by atoms with van der Waals surface area (Å²) in [7, 11) is 4.58. The van der Waals surface area contributed by atoms with Gasteiger partial charge in [-0.25, -0.2) is 0 Å². The lowest BCUT2D eigenvalue weighted by atomic mass is 10.1. The van der Waals surface area contributed by atoms with E-state index in [0.717, 1.165) is 16.4 Å². The van der Waals surface area contributed by atoms with Gasteiger partial charge in [0.15, 0.2) is 0 Å². The molecule has 0 saturated heterocycles. The van der Waals surface area contributed by atoms with Crippen molar-refractivity contribution >= 4 is 60.9 Å². The molecule has 3 aromatic rings. The van der Waals surface area contributed by atoms with Crippen LogP contribution < -0.4 is 10.2 Å². The maximum atomic E-state index is 6.52. The van der Waals surface area contributed by atoms with Gasteiger partial charge < -0.3 is 4.90 Å². The highest BCUT2D eigenvalue weighted by atomic mass is 35.5. The Morgan fingerprint density at radius 2 is 1.96 bits per heavy atom. The van der Waals surface area contributed by atoms with Gasteiger partial charge in [-0.2, -0.15) is 14.5 Å². The summed E-state index contributed by atoms with van der Waals surface area (Å²) in [4.78, 5) is 10.4. The summed E-state index contributed by atoms with van der Waals surface area (Å²) in [5, 5.41) is 6.08. The Balaban J connectivity index is 2.41. The van der Waals surface area contributed by atoms with E-state index in [-0.39, 0.29) is 10.4 Å². The van der Waals surface area contributed by atoms with Crippen molar-refractivity contribution in [1.82, 2.24) is 19.6 Å². The van der Waals surface area contributed by atoms with Crippen LogP contribution in [0.2, 0.25) is 15.5 Å². The number of rotatable bonds is 4. The van der Waals surface area contributed by atoms with Crippen LogP contribution >= 0.6 is 44.0 Å². The van der Waals surface area contributed by atoms with Gasteiger partial charge in [-0.15, -0.1) is 14.3 Å². The van der Waals surface area contributed by atoms with Gasteiger partial charge >= 0.3 is 0 Å². The lowest BCUT2D eigenvalue weighted by molar-refractivity contribution is 0.864. The van der Waals surface area contributed by atoms with Crippen LogP contribution in [-0.2, 0) is 0 Å². The summed E-state index contributed by atoms with van der Waals surface area (Å²) in [5.74, 6) is 1.01. The molecule has 25 heavy (non-hydrogen) atoms. The number of likely N-dealkylation sites (N-methyl/N-ethyl adjacent to an activating group) is 1. The van der Waals surface area contributed by atoms with Gasteiger partial charge in [0, 0.05) is 24.2 Å². The van der Waals surface area contributed by atoms with E-state index in [1.807, 2.05) is 37.1 Å². The number of aromatic nitrogens is 4. The molecule has 0 amide bonds. The lowest BCUT2D eigenvalue weighted by Gasteiger charge is -2.24. The minimum absolute atomic E-state index is 0.0935. The van der Waals surface area contributed by atoms with E-state index in [0.29, 0.717) is 28.7 Å². The molecule has 9 heteroatoms. The molecular formula is C16H15Cl3N5P. The van der Waals surface area contributed by atoms with Crippen molar-refractivity contribution in [3.63, 3.8) is 0 Å². The maximum absolute atomic E-state index is 6.52. The zero-order valence-corrected chi connectivity index (χ0v) is 17.0. The number of hydrogen-bond donors (Lipinski definition) is 0. The lowest BCUT2D eigenvalue weighted by Crippen LogP contribution is -2.24. The van der Waals surface area contributed by atoms with E-state index in [1.54, 1.807) is 4.52 Å². The third-order valence-corrected chi connectivity index (χ3v) is 4.79. The third kappa shape index (κ3) is 3.47. The number of nitrogens with zero attached hydrogens (tertiary/aromatic N) is 5. The van der Waals surface area contributed by atoms with Crippen molar-refractivity contribution in [3.8, 4) is 11.1 Å². The summed E-state index contributed by atoms with van der Waals surface area (Å²) in [5.41, 5.74) is 2.41. The number of anilines is 1. The molecule has 130 valence electrons. The SMILES string of the molecule is C=C(C)CN(C)c1c(-c2c(P)cccc2Cl)c(Cl)nc2nc(Cl)nn12. The molecule has 1 unspecified atom stereocenters. The molecule has 0 bridgehead atoms. The van der Waals surface area contributed by atoms with Gasteiger partial charge in [0.05, 0.1) is 5.56 Å². The molecule has 1 aromatic carbocycles. The second-order valence-electron chi connectivity index (χ2n) is 5.71. The molecule has 0 N–H and O–H groups in total. The molecule has 1 atom stereocenters. The zero-order chi connectivity index (χ0) is 18.3. The zero-order valence-electron chi connectivity index (χ0n) is 13.6. The Morgan fingerprint density at radius 1 is 1.24 bits per heavy atom. The van der Waals surface area contributed by atoms with Crippen molar-refractivity contribution in [2.75, 3.05) is 18.5 Å². The number of hydrogen-bond acceptors (Lipinski definition) is 4. The fourth-order valence-electron chi connectivity index (χ4n) is 2.69. The first-order valence-electron chi connectivity index (χ1n) is 7.31. The first kappa shape index (κ1) is 18.4. The molecule has 3 rings (SSSR count). The second-order valence-corrected chi connectivity index (χ2v) is 7.44. The van der Waals surface area contributed by atoms with Crippen LogP contribution in [0.4, 0.5) is 5.82 Å². The highest BCUT2D eigenvalue weighted by Gasteiger charge is 2.24. The maximum Gasteiger partial charge on any atom is 0.256 e. The molecule has 2 aromatic heterocycles. The molecule has 5 nitrogen and oxygen atoms in total. The van der Waals surface area contributed by atoms with E-state index in [2.05, 4.69) is 30.9 Å². The second kappa shape index (κ2) is 7.08. The third-order valence-electron chi connectivity index (χ3n) is 3.56. The predicted octanol–water partition coefficient (Wildman–Crippen LogP) is 4.26. The van der Waals surface area contributed by atoms with Crippen LogP contribution in [0.15, 0.2) is 30.4 Å². The molecule has 0 aliphatic heterocycles. The van der Waals surface area contributed by atoms with Gasteiger partial charge in [-0.1, -0.05) is 47.5 Å². The van der Waals surface area contributed by atoms with Crippen molar-refractivity contribution in [1.29, 1.82) is 0 Å². The van der Waals surface area contributed by atoms with Gasteiger partial charge in [0.1, 0.15) is 11.0 Å². The minimum atomic E-state index is 0.0935. The number of benzene rings is 1. The van der Waals surface area contributed by atoms with Crippen molar-refractivity contribution < 1.29 is 0 Å². The first-order chi connectivity index (χ1) is 11.8. The Morgan fingerprint density at radius 3 is 2.60 bits per heavy atom. The monoisotopic (exact) mass is 413 g/mol. The van der Waals surface area contributed by atoms with Crippen molar-refractivity contribution in [3.05, 3.63) is 45.8 Å². The normalized spacial score (nSPS) is 11.1.